The maximum absolute atomic E-state index is 12.1. The molecule has 1 aliphatic heterocycles. The van der Waals surface area contributed by atoms with E-state index < -0.39 is 29.3 Å². The van der Waals surface area contributed by atoms with E-state index in [9.17, 15) is 19.2 Å². The summed E-state index contributed by atoms with van der Waals surface area (Å²) in [4.78, 5) is 48.1. The van der Waals surface area contributed by atoms with Gasteiger partial charge in [0, 0.05) is 19.8 Å². The van der Waals surface area contributed by atoms with Crippen LogP contribution in [0, 0.1) is 0 Å². The second-order valence-electron chi connectivity index (χ2n) is 4.05. The molecule has 0 aromatic heterocycles. The first-order chi connectivity index (χ1) is 8.91. The van der Waals surface area contributed by atoms with Crippen LogP contribution >= 0.6 is 0 Å². The van der Waals surface area contributed by atoms with Crippen LogP contribution in [0.25, 0.3) is 0 Å². The number of carbonyl (C=O) groups is 4. The van der Waals surface area contributed by atoms with Crippen molar-refractivity contribution in [2.45, 2.75) is 39.2 Å². The summed E-state index contributed by atoms with van der Waals surface area (Å²) in [6.07, 6.45) is -0.180. The van der Waals surface area contributed by atoms with Gasteiger partial charge in [-0.05, 0) is 13.8 Å². The molecule has 0 unspecified atom stereocenters. The number of carbonyl (C=O) groups excluding carboxylic acids is 4. The van der Waals surface area contributed by atoms with Crippen LogP contribution in [0.1, 0.15) is 33.6 Å². The first-order valence-corrected chi connectivity index (χ1v) is 6.09. The van der Waals surface area contributed by atoms with Gasteiger partial charge >= 0.3 is 11.9 Å². The summed E-state index contributed by atoms with van der Waals surface area (Å²) in [6.45, 7) is 4.35. The van der Waals surface area contributed by atoms with Crippen molar-refractivity contribution >= 4 is 23.8 Å². The number of hydrogen-bond acceptors (Lipinski definition) is 6. The van der Waals surface area contributed by atoms with Crippen molar-refractivity contribution in [3.63, 3.8) is 0 Å². The number of imide groups is 1. The summed E-state index contributed by atoms with van der Waals surface area (Å²) in [5.74, 6) is -3.10. The van der Waals surface area contributed by atoms with Crippen molar-refractivity contribution in [1.29, 1.82) is 0 Å². The van der Waals surface area contributed by atoms with Gasteiger partial charge in [0.05, 0.1) is 13.2 Å². The molecular formula is C12H17NO6. The molecule has 0 aromatic rings. The smallest absolute Gasteiger partial charge is 0.344 e. The van der Waals surface area contributed by atoms with Gasteiger partial charge < -0.3 is 9.47 Å². The predicted molar refractivity (Wildman–Crippen MR) is 62.8 cm³/mol. The van der Waals surface area contributed by atoms with Gasteiger partial charge in [0.15, 0.2) is 0 Å². The van der Waals surface area contributed by atoms with Gasteiger partial charge in [-0.2, -0.15) is 0 Å². The summed E-state index contributed by atoms with van der Waals surface area (Å²) >= 11 is 0. The summed E-state index contributed by atoms with van der Waals surface area (Å²) in [6, 6.07) is 0. The maximum Gasteiger partial charge on any atom is 0.344 e. The molecule has 0 bridgehead atoms. The van der Waals surface area contributed by atoms with Crippen molar-refractivity contribution in [2.24, 2.45) is 0 Å². The summed E-state index contributed by atoms with van der Waals surface area (Å²) in [5.41, 5.74) is -1.96. The highest BCUT2D eigenvalue weighted by Gasteiger charge is 2.61. The van der Waals surface area contributed by atoms with Crippen molar-refractivity contribution in [1.82, 2.24) is 4.90 Å². The number of amides is 2. The van der Waals surface area contributed by atoms with Crippen molar-refractivity contribution in [3.05, 3.63) is 0 Å². The monoisotopic (exact) mass is 271 g/mol. The van der Waals surface area contributed by atoms with E-state index in [1.165, 1.54) is 0 Å². The van der Waals surface area contributed by atoms with E-state index in [4.69, 9.17) is 9.47 Å². The number of esters is 2. The van der Waals surface area contributed by atoms with Crippen LogP contribution in [0.4, 0.5) is 0 Å². The largest absolute Gasteiger partial charge is 0.464 e. The lowest BCUT2D eigenvalue weighted by atomic mass is 9.96. The molecule has 0 N–H and O–H groups in total. The van der Waals surface area contributed by atoms with Crippen LogP contribution in [0.5, 0.6) is 0 Å². The lowest BCUT2D eigenvalue weighted by Crippen LogP contribution is -2.60. The second-order valence-corrected chi connectivity index (χ2v) is 4.05. The Morgan fingerprint density at radius 2 is 1.63 bits per heavy atom. The molecule has 1 rings (SSSR count). The Hall–Kier alpha value is -1.92. The second kappa shape index (κ2) is 5.81. The van der Waals surface area contributed by atoms with Crippen LogP contribution in [0.3, 0.4) is 0 Å². The van der Waals surface area contributed by atoms with E-state index in [2.05, 4.69) is 0 Å². The molecule has 0 spiro atoms. The van der Waals surface area contributed by atoms with E-state index in [0.29, 0.717) is 4.90 Å². The van der Waals surface area contributed by atoms with Crippen molar-refractivity contribution in [3.8, 4) is 0 Å². The first kappa shape index (κ1) is 15.1. The van der Waals surface area contributed by atoms with Crippen LogP contribution in [-0.2, 0) is 28.7 Å². The van der Waals surface area contributed by atoms with E-state index in [-0.39, 0.29) is 26.1 Å². The van der Waals surface area contributed by atoms with Crippen molar-refractivity contribution < 1.29 is 28.7 Å². The molecule has 2 amide bonds. The summed E-state index contributed by atoms with van der Waals surface area (Å²) in [5, 5.41) is 0. The third-order valence-corrected chi connectivity index (χ3v) is 2.87. The van der Waals surface area contributed by atoms with Crippen LogP contribution < -0.4 is 0 Å². The third kappa shape index (κ3) is 2.45. The molecule has 106 valence electrons. The molecule has 0 saturated carbocycles. The fourth-order valence-electron chi connectivity index (χ4n) is 2.14. The number of likely N-dealkylation sites (tertiary alicyclic amines) is 1. The van der Waals surface area contributed by atoms with Crippen LogP contribution in [0.2, 0.25) is 0 Å². The molecular weight excluding hydrogens is 254 g/mol. The van der Waals surface area contributed by atoms with E-state index in [0.717, 1.165) is 6.92 Å². The molecule has 7 nitrogen and oxygen atoms in total. The number of ether oxygens (including phenoxy) is 2. The minimum Gasteiger partial charge on any atom is -0.464 e. The number of nitrogens with zero attached hydrogens (tertiary/aromatic N) is 1. The molecule has 19 heavy (non-hydrogen) atoms. The van der Waals surface area contributed by atoms with Gasteiger partial charge in [0.2, 0.25) is 17.4 Å². The summed E-state index contributed by atoms with van der Waals surface area (Å²) < 4.78 is 9.68. The van der Waals surface area contributed by atoms with E-state index >= 15 is 0 Å². The predicted octanol–water partition coefficient (Wildman–Crippen LogP) is 0.0203. The molecule has 1 heterocycles. The highest BCUT2D eigenvalue weighted by Crippen LogP contribution is 2.33. The van der Waals surface area contributed by atoms with Gasteiger partial charge in [0.25, 0.3) is 0 Å². The Morgan fingerprint density at radius 1 is 1.16 bits per heavy atom. The Morgan fingerprint density at radius 3 is 2.00 bits per heavy atom. The van der Waals surface area contributed by atoms with Gasteiger partial charge in [-0.25, -0.2) is 9.59 Å². The zero-order chi connectivity index (χ0) is 14.6. The fourth-order valence-corrected chi connectivity index (χ4v) is 2.14. The van der Waals surface area contributed by atoms with Gasteiger partial charge in [-0.1, -0.05) is 0 Å². The molecule has 1 fully saturated rings. The molecule has 0 atom stereocenters. The molecule has 1 aliphatic rings. The lowest BCUT2D eigenvalue weighted by molar-refractivity contribution is -0.178. The van der Waals surface area contributed by atoms with Gasteiger partial charge in [-0.15, -0.1) is 0 Å². The molecule has 0 aliphatic carbocycles. The normalized spacial score (nSPS) is 17.2. The molecule has 0 aromatic carbocycles. The Bertz CT molecular complexity index is 398. The highest BCUT2D eigenvalue weighted by atomic mass is 16.6. The fraction of sp³-hybridized carbons (Fsp3) is 0.667. The molecule has 0 radical (unpaired) electrons. The maximum atomic E-state index is 12.1. The first-order valence-electron chi connectivity index (χ1n) is 6.09. The lowest BCUT2D eigenvalue weighted by Gasteiger charge is -2.31. The Kier molecular flexibility index (Phi) is 4.63. The van der Waals surface area contributed by atoms with E-state index in [1.807, 2.05) is 0 Å². The standard InChI is InChI=1S/C12H17NO6/c1-4-18-10(16)12(11(17)19-5-2)7-6-9(15)13(12)8(3)14/h4-7H2,1-3H3. The average Bonchev–Trinajstić information content (AvgIpc) is 2.68. The molecule has 1 saturated heterocycles. The zero-order valence-corrected chi connectivity index (χ0v) is 11.2. The summed E-state index contributed by atoms with van der Waals surface area (Å²) in [7, 11) is 0. The topological polar surface area (TPSA) is 90.0 Å². The van der Waals surface area contributed by atoms with Crippen molar-refractivity contribution in [2.75, 3.05) is 13.2 Å². The SMILES string of the molecule is CCOC(=O)C1(C(=O)OCC)CCC(=O)N1C(C)=O. The Balaban J connectivity index is 3.25. The van der Waals surface area contributed by atoms with E-state index in [1.54, 1.807) is 13.8 Å². The average molecular weight is 271 g/mol. The minimum absolute atomic E-state index is 0.0416. The molecule has 7 heteroatoms. The Labute approximate surface area is 110 Å². The van der Waals surface area contributed by atoms with Crippen LogP contribution in [0.15, 0.2) is 0 Å². The van der Waals surface area contributed by atoms with Gasteiger partial charge in [0.1, 0.15) is 0 Å². The minimum atomic E-state index is -1.96. The zero-order valence-electron chi connectivity index (χ0n) is 11.2. The van der Waals surface area contributed by atoms with Crippen LogP contribution in [-0.4, -0.2) is 47.4 Å². The van der Waals surface area contributed by atoms with Gasteiger partial charge in [-0.3, -0.25) is 14.5 Å². The third-order valence-electron chi connectivity index (χ3n) is 2.87. The quantitative estimate of drug-likeness (QED) is 0.529. The number of rotatable bonds is 4. The number of hydrogen-bond donors (Lipinski definition) is 0. The highest BCUT2D eigenvalue weighted by molar-refractivity contribution is 6.15.